The second kappa shape index (κ2) is 6.72. The standard InChI is InChI=1S/C22H21N7/c1-24-21-10-18-19(12-25-21)26-14-27-22(18,23)17-7-8-20-16(9-17)11-28-29(20)13-15-5-3-2-4-6-15/h2-12,14H,13,23H2,1H3,(H,24,25)(H,26,27). The molecule has 144 valence electrons. The third-order valence-corrected chi connectivity index (χ3v) is 5.32. The average Bonchev–Trinajstić information content (AvgIpc) is 3.16. The molecule has 1 atom stereocenters. The molecule has 1 aliphatic heterocycles. The van der Waals surface area contributed by atoms with E-state index in [-0.39, 0.29) is 0 Å². The minimum atomic E-state index is -0.995. The fourth-order valence-corrected chi connectivity index (χ4v) is 3.73. The van der Waals surface area contributed by atoms with Crippen LogP contribution in [0, 0.1) is 0 Å². The van der Waals surface area contributed by atoms with Crippen molar-refractivity contribution in [1.82, 2.24) is 14.8 Å². The first-order valence-corrected chi connectivity index (χ1v) is 9.45. The molecular formula is C22H21N7. The lowest BCUT2D eigenvalue weighted by Crippen LogP contribution is -2.39. The Morgan fingerprint density at radius 1 is 1.10 bits per heavy atom. The van der Waals surface area contributed by atoms with Gasteiger partial charge in [-0.15, -0.1) is 0 Å². The van der Waals surface area contributed by atoms with Crippen LogP contribution in [-0.2, 0) is 12.2 Å². The molecule has 7 nitrogen and oxygen atoms in total. The molecule has 1 unspecified atom stereocenters. The summed E-state index contributed by atoms with van der Waals surface area (Å²) in [5, 5.41) is 11.8. The third kappa shape index (κ3) is 2.92. The highest BCUT2D eigenvalue weighted by molar-refractivity contribution is 5.84. The van der Waals surface area contributed by atoms with Crippen LogP contribution >= 0.6 is 0 Å². The maximum atomic E-state index is 6.82. The molecule has 0 amide bonds. The second-order valence-electron chi connectivity index (χ2n) is 7.10. The van der Waals surface area contributed by atoms with Gasteiger partial charge in [0.15, 0.2) is 5.66 Å². The second-order valence-corrected chi connectivity index (χ2v) is 7.10. The van der Waals surface area contributed by atoms with Gasteiger partial charge < -0.3 is 10.6 Å². The summed E-state index contributed by atoms with van der Waals surface area (Å²) in [5.41, 5.74) is 10.7. The maximum absolute atomic E-state index is 6.82. The molecule has 0 saturated carbocycles. The number of pyridine rings is 1. The van der Waals surface area contributed by atoms with Crippen LogP contribution in [0.2, 0.25) is 0 Å². The number of fused-ring (bicyclic) bond motifs is 2. The van der Waals surface area contributed by atoms with Crippen molar-refractivity contribution >= 4 is 28.7 Å². The van der Waals surface area contributed by atoms with Gasteiger partial charge in [-0.2, -0.15) is 5.10 Å². The van der Waals surface area contributed by atoms with E-state index in [1.54, 1.807) is 12.5 Å². The van der Waals surface area contributed by atoms with Crippen LogP contribution in [0.3, 0.4) is 0 Å². The Morgan fingerprint density at radius 2 is 1.97 bits per heavy atom. The number of rotatable bonds is 4. The van der Waals surface area contributed by atoms with Gasteiger partial charge in [0.2, 0.25) is 0 Å². The van der Waals surface area contributed by atoms with Gasteiger partial charge in [0.25, 0.3) is 0 Å². The normalized spacial score (nSPS) is 17.7. The molecular weight excluding hydrogens is 362 g/mol. The Kier molecular flexibility index (Phi) is 4.03. The average molecular weight is 383 g/mol. The van der Waals surface area contributed by atoms with Crippen LogP contribution in [0.5, 0.6) is 0 Å². The van der Waals surface area contributed by atoms with Crippen molar-refractivity contribution in [3.8, 4) is 0 Å². The summed E-state index contributed by atoms with van der Waals surface area (Å²) in [4.78, 5) is 8.95. The Labute approximate surface area is 168 Å². The van der Waals surface area contributed by atoms with Gasteiger partial charge in [0.05, 0.1) is 36.5 Å². The largest absolute Gasteiger partial charge is 0.373 e. The van der Waals surface area contributed by atoms with E-state index in [0.29, 0.717) is 0 Å². The monoisotopic (exact) mass is 383 g/mol. The minimum Gasteiger partial charge on any atom is -0.373 e. The van der Waals surface area contributed by atoms with E-state index in [0.717, 1.165) is 40.1 Å². The quantitative estimate of drug-likeness (QED) is 0.503. The number of nitrogens with one attached hydrogen (secondary N) is 2. The molecule has 0 saturated heterocycles. The van der Waals surface area contributed by atoms with Crippen molar-refractivity contribution < 1.29 is 0 Å². The molecule has 5 rings (SSSR count). The predicted molar refractivity (Wildman–Crippen MR) is 116 cm³/mol. The van der Waals surface area contributed by atoms with E-state index < -0.39 is 5.66 Å². The van der Waals surface area contributed by atoms with Crippen LogP contribution in [0.1, 0.15) is 16.7 Å². The summed E-state index contributed by atoms with van der Waals surface area (Å²) in [6.07, 6.45) is 5.28. The van der Waals surface area contributed by atoms with E-state index in [4.69, 9.17) is 5.73 Å². The zero-order valence-electron chi connectivity index (χ0n) is 16.0. The Hall–Kier alpha value is -3.71. The van der Waals surface area contributed by atoms with Gasteiger partial charge in [-0.1, -0.05) is 36.4 Å². The number of nitrogens with two attached hydrogens (primary N) is 1. The summed E-state index contributed by atoms with van der Waals surface area (Å²) < 4.78 is 2.00. The van der Waals surface area contributed by atoms with E-state index >= 15 is 0 Å². The smallest absolute Gasteiger partial charge is 0.163 e. The summed E-state index contributed by atoms with van der Waals surface area (Å²) in [7, 11) is 1.83. The molecule has 0 bridgehead atoms. The molecule has 2 aromatic heterocycles. The van der Waals surface area contributed by atoms with Gasteiger partial charge >= 0.3 is 0 Å². The van der Waals surface area contributed by atoms with Crippen LogP contribution in [0.4, 0.5) is 11.5 Å². The molecule has 3 heterocycles. The molecule has 0 fully saturated rings. The molecule has 29 heavy (non-hydrogen) atoms. The van der Waals surface area contributed by atoms with E-state index in [2.05, 4.69) is 50.0 Å². The zero-order chi connectivity index (χ0) is 19.8. The SMILES string of the molecule is CNc1cc2c(cn1)NC=NC2(N)c1ccc2c(cnn2Cc2ccccc2)c1. The van der Waals surface area contributed by atoms with Gasteiger partial charge in [-0.25, -0.2) is 9.98 Å². The van der Waals surface area contributed by atoms with Crippen molar-refractivity contribution in [2.75, 3.05) is 17.7 Å². The molecule has 0 aliphatic carbocycles. The molecule has 2 aromatic carbocycles. The van der Waals surface area contributed by atoms with E-state index in [1.807, 2.05) is 48.3 Å². The number of hydrogen-bond acceptors (Lipinski definition) is 6. The van der Waals surface area contributed by atoms with E-state index in [9.17, 15) is 0 Å². The number of aromatic nitrogens is 3. The van der Waals surface area contributed by atoms with Crippen molar-refractivity contribution in [1.29, 1.82) is 0 Å². The van der Waals surface area contributed by atoms with Crippen LogP contribution in [0.15, 0.2) is 72.0 Å². The summed E-state index contributed by atoms with van der Waals surface area (Å²) in [5.74, 6) is 0.745. The zero-order valence-corrected chi connectivity index (χ0v) is 16.0. The number of anilines is 2. The maximum Gasteiger partial charge on any atom is 0.163 e. The highest BCUT2D eigenvalue weighted by atomic mass is 15.3. The van der Waals surface area contributed by atoms with Crippen molar-refractivity contribution in [2.24, 2.45) is 10.7 Å². The highest BCUT2D eigenvalue weighted by Gasteiger charge is 2.34. The summed E-state index contributed by atoms with van der Waals surface area (Å²) in [6.45, 7) is 0.722. The number of benzene rings is 2. The molecule has 0 radical (unpaired) electrons. The molecule has 4 aromatic rings. The highest BCUT2D eigenvalue weighted by Crippen LogP contribution is 2.37. The fraction of sp³-hybridized carbons (Fsp3) is 0.136. The third-order valence-electron chi connectivity index (χ3n) is 5.32. The first-order valence-electron chi connectivity index (χ1n) is 9.45. The predicted octanol–water partition coefficient (Wildman–Crippen LogP) is 3.13. The first-order chi connectivity index (χ1) is 14.2. The Morgan fingerprint density at radius 3 is 2.79 bits per heavy atom. The van der Waals surface area contributed by atoms with E-state index in [1.165, 1.54) is 5.56 Å². The van der Waals surface area contributed by atoms with Gasteiger partial charge in [-0.05, 0) is 29.3 Å². The number of hydrogen-bond donors (Lipinski definition) is 3. The van der Waals surface area contributed by atoms with Crippen molar-refractivity contribution in [3.05, 3.63) is 83.7 Å². The van der Waals surface area contributed by atoms with Gasteiger partial charge in [0, 0.05) is 18.0 Å². The van der Waals surface area contributed by atoms with Crippen molar-refractivity contribution in [2.45, 2.75) is 12.2 Å². The Balaban J connectivity index is 1.56. The lowest BCUT2D eigenvalue weighted by Gasteiger charge is -2.31. The number of aliphatic imine (C=N–C) groups is 1. The minimum absolute atomic E-state index is 0.722. The van der Waals surface area contributed by atoms with Gasteiger partial charge in [-0.3, -0.25) is 10.4 Å². The molecule has 0 spiro atoms. The van der Waals surface area contributed by atoms with Gasteiger partial charge in [0.1, 0.15) is 5.82 Å². The fourth-order valence-electron chi connectivity index (χ4n) is 3.73. The lowest BCUT2D eigenvalue weighted by atomic mass is 9.90. The summed E-state index contributed by atoms with van der Waals surface area (Å²) >= 11 is 0. The van der Waals surface area contributed by atoms with Crippen LogP contribution in [-0.4, -0.2) is 28.2 Å². The molecule has 4 N–H and O–H groups in total. The topological polar surface area (TPSA) is 93.2 Å². The number of nitrogens with zero attached hydrogens (tertiary/aromatic N) is 4. The molecule has 7 heteroatoms. The Bertz CT molecular complexity index is 1210. The van der Waals surface area contributed by atoms with Crippen LogP contribution in [0.25, 0.3) is 10.9 Å². The molecule has 1 aliphatic rings. The van der Waals surface area contributed by atoms with Crippen LogP contribution < -0.4 is 16.4 Å². The van der Waals surface area contributed by atoms with Crippen molar-refractivity contribution in [3.63, 3.8) is 0 Å². The first kappa shape index (κ1) is 17.4. The lowest BCUT2D eigenvalue weighted by molar-refractivity contribution is 0.571. The summed E-state index contributed by atoms with van der Waals surface area (Å²) in [6, 6.07) is 18.4.